The average Bonchev–Trinajstić information content (AvgIpc) is 3.41. The molecule has 0 radical (unpaired) electrons. The number of carbonyl (C=O) groups excluding carboxylic acids is 1. The Hall–Kier alpha value is -1.53. The van der Waals surface area contributed by atoms with Crippen LogP contribution in [0.1, 0.15) is 42.6 Å². The highest BCUT2D eigenvalue weighted by atomic mass is 16.5. The lowest BCUT2D eigenvalue weighted by Crippen LogP contribution is -2.44. The van der Waals surface area contributed by atoms with Gasteiger partial charge in [0.2, 0.25) is 0 Å². The number of aromatic nitrogens is 2. The topological polar surface area (TPSA) is 58.6 Å². The van der Waals surface area contributed by atoms with Crippen molar-refractivity contribution in [1.82, 2.24) is 19.8 Å². The van der Waals surface area contributed by atoms with Gasteiger partial charge in [-0.3, -0.25) is 4.79 Å². The largest absolute Gasteiger partial charge is 0.380 e. The minimum atomic E-state index is 0.0351. The number of carbonyl (C=O) groups is 1. The van der Waals surface area contributed by atoms with Crippen molar-refractivity contribution in [3.8, 4) is 0 Å². The summed E-state index contributed by atoms with van der Waals surface area (Å²) in [4.78, 5) is 24.9. The van der Waals surface area contributed by atoms with Crippen molar-refractivity contribution in [2.45, 2.75) is 38.1 Å². The summed E-state index contributed by atoms with van der Waals surface area (Å²) in [5.74, 6) is 0.865. The number of likely N-dealkylation sites (tertiary alicyclic amines) is 2. The fourth-order valence-corrected chi connectivity index (χ4v) is 4.35. The Labute approximate surface area is 149 Å². The Morgan fingerprint density at radius 2 is 2.12 bits per heavy atom. The molecule has 6 heteroatoms. The molecule has 0 N–H and O–H groups in total. The van der Waals surface area contributed by atoms with Gasteiger partial charge in [-0.1, -0.05) is 0 Å². The van der Waals surface area contributed by atoms with E-state index in [9.17, 15) is 4.79 Å². The van der Waals surface area contributed by atoms with Crippen LogP contribution >= 0.6 is 0 Å². The number of hydrogen-bond acceptors (Lipinski definition) is 5. The van der Waals surface area contributed by atoms with Gasteiger partial charge in [0.25, 0.3) is 5.91 Å². The second-order valence-electron chi connectivity index (χ2n) is 8.14. The van der Waals surface area contributed by atoms with Crippen LogP contribution in [0.15, 0.2) is 18.6 Å². The molecular formula is C19H28N4O2. The fraction of sp³-hybridized carbons (Fsp3) is 0.737. The molecule has 3 heterocycles. The average molecular weight is 344 g/mol. The molecule has 1 aromatic heterocycles. The lowest BCUT2D eigenvalue weighted by atomic mass is 9.76. The Kier molecular flexibility index (Phi) is 4.73. The summed E-state index contributed by atoms with van der Waals surface area (Å²) in [6.45, 7) is 4.58. The van der Waals surface area contributed by atoms with Gasteiger partial charge in [-0.25, -0.2) is 9.97 Å². The fourth-order valence-electron chi connectivity index (χ4n) is 4.35. The molecule has 1 saturated carbocycles. The quantitative estimate of drug-likeness (QED) is 0.816. The molecule has 2 saturated heterocycles. The van der Waals surface area contributed by atoms with Crippen LogP contribution in [0.2, 0.25) is 0 Å². The van der Waals surface area contributed by atoms with E-state index in [2.05, 4.69) is 21.9 Å². The van der Waals surface area contributed by atoms with E-state index in [1.54, 1.807) is 12.3 Å². The Bertz CT molecular complexity index is 597. The molecule has 1 aromatic rings. The predicted octanol–water partition coefficient (Wildman–Crippen LogP) is 1.83. The second-order valence-corrected chi connectivity index (χ2v) is 8.14. The Balaban J connectivity index is 1.29. The third-order valence-electron chi connectivity index (χ3n) is 6.15. The van der Waals surface area contributed by atoms with Gasteiger partial charge in [0, 0.05) is 38.5 Å². The van der Waals surface area contributed by atoms with Crippen LogP contribution < -0.4 is 0 Å². The van der Waals surface area contributed by atoms with Crippen molar-refractivity contribution in [2.24, 2.45) is 11.3 Å². The first-order chi connectivity index (χ1) is 12.2. The molecule has 0 unspecified atom stereocenters. The van der Waals surface area contributed by atoms with Crippen LogP contribution in [0.3, 0.4) is 0 Å². The lowest BCUT2D eigenvalue weighted by Gasteiger charge is -2.39. The van der Waals surface area contributed by atoms with Gasteiger partial charge in [-0.15, -0.1) is 0 Å². The summed E-state index contributed by atoms with van der Waals surface area (Å²) in [5, 5.41) is 0. The smallest absolute Gasteiger partial charge is 0.272 e. The van der Waals surface area contributed by atoms with Crippen LogP contribution in [0.4, 0.5) is 0 Å². The third kappa shape index (κ3) is 3.85. The van der Waals surface area contributed by atoms with Crippen LogP contribution in [0.25, 0.3) is 0 Å². The summed E-state index contributed by atoms with van der Waals surface area (Å²) >= 11 is 0. The Morgan fingerprint density at radius 1 is 1.32 bits per heavy atom. The van der Waals surface area contributed by atoms with Crippen molar-refractivity contribution < 1.29 is 9.53 Å². The number of likely N-dealkylation sites (N-methyl/N-ethyl adjacent to an activating group) is 1. The molecule has 0 bridgehead atoms. The van der Waals surface area contributed by atoms with Crippen molar-refractivity contribution in [3.05, 3.63) is 24.3 Å². The highest BCUT2D eigenvalue weighted by molar-refractivity contribution is 5.92. The minimum Gasteiger partial charge on any atom is -0.380 e. The molecule has 25 heavy (non-hydrogen) atoms. The molecule has 6 nitrogen and oxygen atoms in total. The maximum absolute atomic E-state index is 12.5. The van der Waals surface area contributed by atoms with E-state index >= 15 is 0 Å². The van der Waals surface area contributed by atoms with Crippen LogP contribution in [0.5, 0.6) is 0 Å². The third-order valence-corrected chi connectivity index (χ3v) is 6.15. The summed E-state index contributed by atoms with van der Waals surface area (Å²) in [6.07, 6.45) is 9.12. The van der Waals surface area contributed by atoms with E-state index in [1.807, 2.05) is 4.90 Å². The summed E-state index contributed by atoms with van der Waals surface area (Å²) < 4.78 is 5.94. The van der Waals surface area contributed by atoms with Gasteiger partial charge in [0.1, 0.15) is 12.0 Å². The summed E-state index contributed by atoms with van der Waals surface area (Å²) in [6, 6.07) is 2.23. The predicted molar refractivity (Wildman–Crippen MR) is 94.2 cm³/mol. The SMILES string of the molecule is CN1CC2(CCN(C(=O)c3ccncn3)CC2)C[C@@H]1COCC1CC1. The number of nitrogens with zero attached hydrogens (tertiary/aromatic N) is 4. The normalized spacial score (nSPS) is 26.3. The van der Waals surface area contributed by atoms with E-state index in [-0.39, 0.29) is 5.91 Å². The molecule has 2 aliphatic heterocycles. The molecule has 136 valence electrons. The zero-order valence-corrected chi connectivity index (χ0v) is 15.1. The van der Waals surface area contributed by atoms with Crippen LogP contribution in [-0.2, 0) is 4.74 Å². The highest BCUT2D eigenvalue weighted by Gasteiger charge is 2.45. The minimum absolute atomic E-state index is 0.0351. The second kappa shape index (κ2) is 7.00. The molecule has 1 amide bonds. The van der Waals surface area contributed by atoms with Gasteiger partial charge in [-0.2, -0.15) is 0 Å². The number of amides is 1. The molecular weight excluding hydrogens is 316 g/mol. The van der Waals surface area contributed by atoms with E-state index in [0.717, 1.165) is 51.6 Å². The van der Waals surface area contributed by atoms with E-state index in [1.165, 1.54) is 25.6 Å². The van der Waals surface area contributed by atoms with E-state index in [0.29, 0.717) is 17.2 Å². The van der Waals surface area contributed by atoms with Crippen LogP contribution in [0, 0.1) is 11.3 Å². The maximum Gasteiger partial charge on any atom is 0.272 e. The van der Waals surface area contributed by atoms with Crippen molar-refractivity contribution in [2.75, 3.05) is 39.9 Å². The van der Waals surface area contributed by atoms with Gasteiger partial charge < -0.3 is 14.5 Å². The first-order valence-electron chi connectivity index (χ1n) is 9.48. The molecule has 0 aromatic carbocycles. The monoisotopic (exact) mass is 344 g/mol. The number of hydrogen-bond donors (Lipinski definition) is 0. The lowest BCUT2D eigenvalue weighted by molar-refractivity contribution is 0.0582. The molecule has 3 aliphatic rings. The van der Waals surface area contributed by atoms with Crippen molar-refractivity contribution in [1.29, 1.82) is 0 Å². The molecule has 1 aliphatic carbocycles. The van der Waals surface area contributed by atoms with E-state index < -0.39 is 0 Å². The number of rotatable bonds is 5. The summed E-state index contributed by atoms with van der Waals surface area (Å²) in [5.41, 5.74) is 0.853. The van der Waals surface area contributed by atoms with Crippen molar-refractivity contribution >= 4 is 5.91 Å². The number of ether oxygens (including phenoxy) is 1. The Morgan fingerprint density at radius 3 is 2.80 bits per heavy atom. The molecule has 3 fully saturated rings. The zero-order valence-electron chi connectivity index (χ0n) is 15.1. The summed E-state index contributed by atoms with van der Waals surface area (Å²) in [7, 11) is 2.22. The van der Waals surface area contributed by atoms with Gasteiger partial charge in [0.05, 0.1) is 6.61 Å². The molecule has 1 atom stereocenters. The van der Waals surface area contributed by atoms with Crippen molar-refractivity contribution in [3.63, 3.8) is 0 Å². The maximum atomic E-state index is 12.5. The molecule has 4 rings (SSSR count). The standard InChI is InChI=1S/C19H28N4O2/c1-22-13-19(10-16(22)12-25-11-15-2-3-15)5-8-23(9-6-19)18(24)17-4-7-20-14-21-17/h4,7,14-16H,2-3,5-6,8-13H2,1H3/t16-/m1/s1. The molecule has 1 spiro atoms. The number of piperidine rings is 1. The highest BCUT2D eigenvalue weighted by Crippen LogP contribution is 2.43. The zero-order chi connectivity index (χ0) is 17.3. The first-order valence-corrected chi connectivity index (χ1v) is 9.48. The van der Waals surface area contributed by atoms with E-state index in [4.69, 9.17) is 4.74 Å². The first kappa shape index (κ1) is 16.9. The van der Waals surface area contributed by atoms with Gasteiger partial charge in [0.15, 0.2) is 0 Å². The van der Waals surface area contributed by atoms with Gasteiger partial charge >= 0.3 is 0 Å². The van der Waals surface area contributed by atoms with Crippen LogP contribution in [-0.4, -0.2) is 71.6 Å². The van der Waals surface area contributed by atoms with Gasteiger partial charge in [-0.05, 0) is 56.6 Å².